The van der Waals surface area contributed by atoms with Crippen molar-refractivity contribution in [2.24, 2.45) is 0 Å². The van der Waals surface area contributed by atoms with Gasteiger partial charge < -0.3 is 5.32 Å². The van der Waals surface area contributed by atoms with E-state index in [-0.39, 0.29) is 0 Å². The highest BCUT2D eigenvalue weighted by molar-refractivity contribution is 5.35. The number of fused-ring (bicyclic) bond motifs is 1. The molecule has 1 atom stereocenters. The first kappa shape index (κ1) is 13.6. The molecule has 0 fully saturated rings. The first-order valence-electron chi connectivity index (χ1n) is 7.30. The van der Waals surface area contributed by atoms with E-state index in [0.717, 1.165) is 13.1 Å². The van der Waals surface area contributed by atoms with Crippen molar-refractivity contribution in [1.82, 2.24) is 10.2 Å². The molecule has 1 aromatic carbocycles. The van der Waals surface area contributed by atoms with E-state index in [1.165, 1.54) is 37.1 Å². The number of hydrogen-bond donors (Lipinski definition) is 1. The molecule has 18 heavy (non-hydrogen) atoms. The van der Waals surface area contributed by atoms with Gasteiger partial charge in [0.15, 0.2) is 0 Å². The third-order valence-electron chi connectivity index (χ3n) is 3.77. The van der Waals surface area contributed by atoms with Crippen molar-refractivity contribution in [1.29, 1.82) is 0 Å². The number of aryl methyl sites for hydroxylation is 1. The fourth-order valence-electron chi connectivity index (χ4n) is 2.99. The van der Waals surface area contributed by atoms with Gasteiger partial charge in [-0.2, -0.15) is 0 Å². The summed E-state index contributed by atoms with van der Waals surface area (Å²) in [6.07, 6.45) is 2.47. The molecular weight excluding hydrogens is 220 g/mol. The van der Waals surface area contributed by atoms with E-state index in [2.05, 4.69) is 49.2 Å². The quantitative estimate of drug-likeness (QED) is 0.858. The Labute approximate surface area is 111 Å². The zero-order valence-corrected chi connectivity index (χ0v) is 12.0. The minimum atomic E-state index is 0.564. The molecule has 2 rings (SSSR count). The molecule has 1 heterocycles. The average molecular weight is 246 g/mol. The van der Waals surface area contributed by atoms with Gasteiger partial charge in [0.05, 0.1) is 0 Å². The maximum Gasteiger partial charge on any atom is 0.0476 e. The van der Waals surface area contributed by atoms with E-state index in [1.807, 2.05) is 0 Å². The largest absolute Gasteiger partial charge is 0.311 e. The van der Waals surface area contributed by atoms with Crippen LogP contribution in [0, 0.1) is 6.92 Å². The lowest BCUT2D eigenvalue weighted by Gasteiger charge is -2.36. The van der Waals surface area contributed by atoms with E-state index in [4.69, 9.17) is 0 Å². The van der Waals surface area contributed by atoms with Crippen molar-refractivity contribution in [3.63, 3.8) is 0 Å². The second-order valence-electron chi connectivity index (χ2n) is 5.38. The summed E-state index contributed by atoms with van der Waals surface area (Å²) >= 11 is 0. The molecule has 0 unspecified atom stereocenters. The van der Waals surface area contributed by atoms with E-state index in [1.54, 1.807) is 5.56 Å². The van der Waals surface area contributed by atoms with Crippen LogP contribution in [0.3, 0.4) is 0 Å². The molecule has 100 valence electrons. The summed E-state index contributed by atoms with van der Waals surface area (Å²) in [6.45, 7) is 11.3. The summed E-state index contributed by atoms with van der Waals surface area (Å²) in [5, 5.41) is 3.57. The molecule has 1 N–H and O–H groups in total. The Kier molecular flexibility index (Phi) is 4.79. The normalized spacial score (nSPS) is 19.0. The van der Waals surface area contributed by atoms with Gasteiger partial charge in [-0.25, -0.2) is 0 Å². The van der Waals surface area contributed by atoms with Gasteiger partial charge in [0.1, 0.15) is 0 Å². The lowest BCUT2D eigenvalue weighted by molar-refractivity contribution is 0.185. The zero-order valence-electron chi connectivity index (χ0n) is 12.0. The third kappa shape index (κ3) is 2.93. The lowest BCUT2D eigenvalue weighted by Crippen LogP contribution is -2.40. The van der Waals surface area contributed by atoms with Crippen molar-refractivity contribution < 1.29 is 0 Å². The fourth-order valence-corrected chi connectivity index (χ4v) is 2.99. The summed E-state index contributed by atoms with van der Waals surface area (Å²) < 4.78 is 0. The predicted octanol–water partition coefficient (Wildman–Crippen LogP) is 3.26. The molecule has 2 heteroatoms. The molecule has 0 saturated heterocycles. The number of hydrogen-bond acceptors (Lipinski definition) is 2. The number of nitrogens with one attached hydrogen (secondary N) is 1. The van der Waals surface area contributed by atoms with Gasteiger partial charge in [-0.15, -0.1) is 0 Å². The summed E-state index contributed by atoms with van der Waals surface area (Å²) in [5.41, 5.74) is 4.40. The summed E-state index contributed by atoms with van der Waals surface area (Å²) in [5.74, 6) is 0. The van der Waals surface area contributed by atoms with E-state index in [0.29, 0.717) is 6.04 Å². The molecule has 0 amide bonds. The Morgan fingerprint density at radius 3 is 2.61 bits per heavy atom. The summed E-state index contributed by atoms with van der Waals surface area (Å²) in [4.78, 5) is 2.64. The highest BCUT2D eigenvalue weighted by Gasteiger charge is 2.24. The lowest BCUT2D eigenvalue weighted by atomic mass is 9.93. The summed E-state index contributed by atoms with van der Waals surface area (Å²) in [7, 11) is 0. The Balaban J connectivity index is 2.24. The second-order valence-corrected chi connectivity index (χ2v) is 5.38. The van der Waals surface area contributed by atoms with Crippen molar-refractivity contribution in [3.8, 4) is 0 Å². The molecule has 0 radical (unpaired) electrons. The SMILES string of the molecule is CCCN(CCC)[C@@H]1CNCc2cc(C)ccc21. The molecule has 0 saturated carbocycles. The van der Waals surface area contributed by atoms with Crippen molar-refractivity contribution >= 4 is 0 Å². The van der Waals surface area contributed by atoms with Crippen LogP contribution < -0.4 is 5.32 Å². The number of rotatable bonds is 5. The smallest absolute Gasteiger partial charge is 0.0476 e. The molecule has 0 aliphatic carbocycles. The predicted molar refractivity (Wildman–Crippen MR) is 77.8 cm³/mol. The third-order valence-corrected chi connectivity index (χ3v) is 3.77. The molecule has 2 nitrogen and oxygen atoms in total. The maximum absolute atomic E-state index is 3.57. The van der Waals surface area contributed by atoms with Crippen molar-refractivity contribution in [2.75, 3.05) is 19.6 Å². The first-order valence-corrected chi connectivity index (χ1v) is 7.30. The minimum absolute atomic E-state index is 0.564. The van der Waals surface area contributed by atoms with Gasteiger partial charge in [-0.3, -0.25) is 4.90 Å². The van der Waals surface area contributed by atoms with Crippen LogP contribution >= 0.6 is 0 Å². The highest BCUT2D eigenvalue weighted by atomic mass is 15.2. The number of nitrogens with zero attached hydrogens (tertiary/aromatic N) is 1. The summed E-state index contributed by atoms with van der Waals surface area (Å²) in [6, 6.07) is 7.50. The van der Waals surface area contributed by atoms with Crippen LogP contribution in [0.25, 0.3) is 0 Å². The van der Waals surface area contributed by atoms with Gasteiger partial charge in [-0.05, 0) is 44.0 Å². The molecule has 1 aliphatic heterocycles. The van der Waals surface area contributed by atoms with Crippen LogP contribution in [0.15, 0.2) is 18.2 Å². The monoisotopic (exact) mass is 246 g/mol. The number of benzene rings is 1. The van der Waals surface area contributed by atoms with Crippen LogP contribution in [-0.2, 0) is 6.54 Å². The molecular formula is C16H26N2. The second kappa shape index (κ2) is 6.35. The standard InChI is InChI=1S/C16H26N2/c1-4-8-18(9-5-2)16-12-17-11-14-10-13(3)6-7-15(14)16/h6-7,10,16-17H,4-5,8-9,11-12H2,1-3H3/t16-/m1/s1. The highest BCUT2D eigenvalue weighted by Crippen LogP contribution is 2.28. The van der Waals surface area contributed by atoms with Crippen LogP contribution in [0.4, 0.5) is 0 Å². The van der Waals surface area contributed by atoms with Gasteiger partial charge >= 0.3 is 0 Å². The Hall–Kier alpha value is -0.860. The van der Waals surface area contributed by atoms with Crippen molar-refractivity contribution in [2.45, 2.75) is 46.2 Å². The first-order chi connectivity index (χ1) is 8.76. The van der Waals surface area contributed by atoms with Crippen LogP contribution in [0.5, 0.6) is 0 Å². The average Bonchev–Trinajstić information content (AvgIpc) is 2.37. The van der Waals surface area contributed by atoms with E-state index in [9.17, 15) is 0 Å². The van der Waals surface area contributed by atoms with E-state index < -0.39 is 0 Å². The van der Waals surface area contributed by atoms with Gasteiger partial charge in [0.25, 0.3) is 0 Å². The van der Waals surface area contributed by atoms with E-state index >= 15 is 0 Å². The molecule has 0 bridgehead atoms. The van der Waals surface area contributed by atoms with Crippen molar-refractivity contribution in [3.05, 3.63) is 34.9 Å². The topological polar surface area (TPSA) is 15.3 Å². The molecule has 1 aromatic rings. The Morgan fingerprint density at radius 1 is 1.22 bits per heavy atom. The molecule has 0 aromatic heterocycles. The Bertz CT molecular complexity index is 381. The molecule has 1 aliphatic rings. The van der Waals surface area contributed by atoms with Crippen LogP contribution in [-0.4, -0.2) is 24.5 Å². The van der Waals surface area contributed by atoms with Crippen LogP contribution in [0.2, 0.25) is 0 Å². The molecule has 0 spiro atoms. The Morgan fingerprint density at radius 2 is 1.94 bits per heavy atom. The minimum Gasteiger partial charge on any atom is -0.311 e. The van der Waals surface area contributed by atoms with Gasteiger partial charge in [0.2, 0.25) is 0 Å². The van der Waals surface area contributed by atoms with Gasteiger partial charge in [0, 0.05) is 19.1 Å². The maximum atomic E-state index is 3.57. The fraction of sp³-hybridized carbons (Fsp3) is 0.625. The van der Waals surface area contributed by atoms with Gasteiger partial charge in [-0.1, -0.05) is 37.6 Å². The van der Waals surface area contributed by atoms with Crippen LogP contribution in [0.1, 0.15) is 49.4 Å². The zero-order chi connectivity index (χ0) is 13.0.